The molecule has 0 saturated heterocycles. The number of nitrogens with one attached hydrogen (secondary N) is 2. The SMILES string of the molecule is CC1CC2(NC(=O)COc3ccc(Cl)c(F)c3)CCC1(NC(=O)c1cnccn1)CC2. The van der Waals surface area contributed by atoms with Crippen LogP contribution in [0.1, 0.15) is 49.5 Å². The van der Waals surface area contributed by atoms with Crippen LogP contribution in [0, 0.1) is 11.7 Å². The highest BCUT2D eigenvalue weighted by molar-refractivity contribution is 6.30. The van der Waals surface area contributed by atoms with Gasteiger partial charge in [0, 0.05) is 29.5 Å². The number of halogens is 2. The first kappa shape index (κ1) is 21.5. The van der Waals surface area contributed by atoms with Crippen molar-refractivity contribution in [3.63, 3.8) is 0 Å². The minimum absolute atomic E-state index is 0.00368. The molecule has 2 aromatic rings. The third kappa shape index (κ3) is 4.49. The summed E-state index contributed by atoms with van der Waals surface area (Å²) in [5, 5.41) is 6.32. The van der Waals surface area contributed by atoms with Crippen molar-refractivity contribution in [2.45, 2.75) is 50.1 Å². The Morgan fingerprint density at radius 3 is 2.65 bits per heavy atom. The lowest BCUT2D eigenvalue weighted by molar-refractivity contribution is -0.127. The summed E-state index contributed by atoms with van der Waals surface area (Å²) in [6, 6.07) is 4.07. The highest BCUT2D eigenvalue weighted by Gasteiger charge is 2.54. The third-order valence-corrected chi connectivity index (χ3v) is 6.87. The summed E-state index contributed by atoms with van der Waals surface area (Å²) in [6.45, 7) is 1.90. The van der Waals surface area contributed by atoms with E-state index in [0.717, 1.165) is 38.2 Å². The van der Waals surface area contributed by atoms with Gasteiger partial charge in [0.1, 0.15) is 17.3 Å². The molecular formula is C22H24ClFN4O3. The predicted molar refractivity (Wildman–Crippen MR) is 112 cm³/mol. The number of benzene rings is 1. The maximum Gasteiger partial charge on any atom is 0.271 e. The van der Waals surface area contributed by atoms with Gasteiger partial charge in [0.2, 0.25) is 0 Å². The molecule has 1 heterocycles. The van der Waals surface area contributed by atoms with Gasteiger partial charge in [0.15, 0.2) is 6.61 Å². The van der Waals surface area contributed by atoms with E-state index in [1.165, 1.54) is 30.7 Å². The van der Waals surface area contributed by atoms with E-state index in [0.29, 0.717) is 5.69 Å². The number of carbonyl (C=O) groups excluding carboxylic acids is 2. The molecule has 1 unspecified atom stereocenters. The zero-order valence-electron chi connectivity index (χ0n) is 17.2. The Morgan fingerprint density at radius 2 is 2.00 bits per heavy atom. The van der Waals surface area contributed by atoms with Gasteiger partial charge >= 0.3 is 0 Å². The van der Waals surface area contributed by atoms with Crippen molar-refractivity contribution < 1.29 is 18.7 Å². The molecule has 0 aliphatic heterocycles. The Balaban J connectivity index is 1.34. The molecule has 5 rings (SSSR count). The summed E-state index contributed by atoms with van der Waals surface area (Å²) in [5.74, 6) is -0.628. The third-order valence-electron chi connectivity index (χ3n) is 6.56. The van der Waals surface area contributed by atoms with E-state index in [1.54, 1.807) is 0 Å². The molecule has 7 nitrogen and oxygen atoms in total. The van der Waals surface area contributed by atoms with Crippen LogP contribution < -0.4 is 15.4 Å². The van der Waals surface area contributed by atoms with Gasteiger partial charge in [-0.15, -0.1) is 0 Å². The molecule has 2 bridgehead atoms. The second kappa shape index (κ2) is 8.42. The molecule has 1 aromatic carbocycles. The molecule has 1 aromatic heterocycles. The van der Waals surface area contributed by atoms with E-state index >= 15 is 0 Å². The Labute approximate surface area is 184 Å². The first-order chi connectivity index (χ1) is 14.8. The summed E-state index contributed by atoms with van der Waals surface area (Å²) in [7, 11) is 0. The van der Waals surface area contributed by atoms with Crippen LogP contribution in [0.15, 0.2) is 36.8 Å². The van der Waals surface area contributed by atoms with Crippen molar-refractivity contribution in [3.8, 4) is 5.75 Å². The van der Waals surface area contributed by atoms with Crippen molar-refractivity contribution in [3.05, 3.63) is 53.3 Å². The summed E-state index contributed by atoms with van der Waals surface area (Å²) in [4.78, 5) is 33.2. The van der Waals surface area contributed by atoms with E-state index < -0.39 is 5.82 Å². The van der Waals surface area contributed by atoms with Gasteiger partial charge in [0.25, 0.3) is 11.8 Å². The first-order valence-corrected chi connectivity index (χ1v) is 10.7. The Kier molecular flexibility index (Phi) is 5.83. The van der Waals surface area contributed by atoms with Crippen molar-refractivity contribution in [1.29, 1.82) is 0 Å². The molecule has 31 heavy (non-hydrogen) atoms. The number of hydrogen-bond donors (Lipinski definition) is 2. The molecule has 1 atom stereocenters. The molecule has 3 saturated carbocycles. The molecule has 2 amide bonds. The molecule has 164 valence electrons. The van der Waals surface area contributed by atoms with Gasteiger partial charge in [-0.1, -0.05) is 18.5 Å². The van der Waals surface area contributed by atoms with Gasteiger partial charge in [-0.3, -0.25) is 14.6 Å². The van der Waals surface area contributed by atoms with Crippen LogP contribution in [-0.2, 0) is 4.79 Å². The zero-order valence-corrected chi connectivity index (χ0v) is 17.9. The number of nitrogens with zero attached hydrogens (tertiary/aromatic N) is 2. The van der Waals surface area contributed by atoms with Crippen molar-refractivity contribution in [2.75, 3.05) is 6.61 Å². The van der Waals surface area contributed by atoms with Crippen LogP contribution >= 0.6 is 11.6 Å². The smallest absolute Gasteiger partial charge is 0.271 e. The van der Waals surface area contributed by atoms with Gasteiger partial charge in [-0.2, -0.15) is 0 Å². The molecule has 3 aliphatic rings. The first-order valence-electron chi connectivity index (χ1n) is 10.3. The standard InChI is InChI=1S/C22H24ClFN4O3/c1-14-11-21(27-19(29)13-31-15-2-3-16(23)17(24)10-15)4-6-22(14,7-5-21)28-20(30)18-12-25-8-9-26-18/h2-3,8-10,12,14H,4-7,11,13H2,1H3,(H,27,29)(H,28,30). The van der Waals surface area contributed by atoms with Crippen LogP contribution in [0.25, 0.3) is 0 Å². The van der Waals surface area contributed by atoms with E-state index in [9.17, 15) is 14.0 Å². The second-order valence-electron chi connectivity index (χ2n) is 8.50. The van der Waals surface area contributed by atoms with Crippen LogP contribution in [0.4, 0.5) is 4.39 Å². The number of fused-ring (bicyclic) bond motifs is 3. The van der Waals surface area contributed by atoms with E-state index in [2.05, 4.69) is 27.5 Å². The predicted octanol–water partition coefficient (Wildman–Crippen LogP) is 3.29. The monoisotopic (exact) mass is 446 g/mol. The second-order valence-corrected chi connectivity index (χ2v) is 8.91. The van der Waals surface area contributed by atoms with Crippen LogP contribution in [0.3, 0.4) is 0 Å². The van der Waals surface area contributed by atoms with Crippen molar-refractivity contribution in [2.24, 2.45) is 5.92 Å². The average Bonchev–Trinajstić information content (AvgIpc) is 2.76. The lowest BCUT2D eigenvalue weighted by atomic mass is 9.56. The Bertz CT molecular complexity index is 980. The summed E-state index contributed by atoms with van der Waals surface area (Å²) >= 11 is 5.66. The summed E-state index contributed by atoms with van der Waals surface area (Å²) in [5.41, 5.74) is -0.321. The van der Waals surface area contributed by atoms with Gasteiger partial charge in [0.05, 0.1) is 11.2 Å². The van der Waals surface area contributed by atoms with E-state index in [1.807, 2.05) is 0 Å². The maximum atomic E-state index is 13.5. The fraction of sp³-hybridized carbons (Fsp3) is 0.455. The lowest BCUT2D eigenvalue weighted by Gasteiger charge is -2.57. The molecule has 0 radical (unpaired) electrons. The topological polar surface area (TPSA) is 93.2 Å². The van der Waals surface area contributed by atoms with E-state index in [-0.39, 0.29) is 46.2 Å². The normalized spacial score (nSPS) is 26.9. The van der Waals surface area contributed by atoms with Crippen molar-refractivity contribution in [1.82, 2.24) is 20.6 Å². The van der Waals surface area contributed by atoms with Crippen LogP contribution in [0.2, 0.25) is 5.02 Å². The lowest BCUT2D eigenvalue weighted by Crippen LogP contribution is -2.67. The molecule has 0 spiro atoms. The molecular weight excluding hydrogens is 423 g/mol. The van der Waals surface area contributed by atoms with Crippen LogP contribution in [-0.4, -0.2) is 39.5 Å². The van der Waals surface area contributed by atoms with Gasteiger partial charge in [-0.25, -0.2) is 9.37 Å². The fourth-order valence-electron chi connectivity index (χ4n) is 4.83. The number of amides is 2. The van der Waals surface area contributed by atoms with Gasteiger partial charge in [-0.05, 0) is 50.2 Å². The summed E-state index contributed by atoms with van der Waals surface area (Å²) < 4.78 is 18.9. The highest BCUT2D eigenvalue weighted by Crippen LogP contribution is 2.50. The summed E-state index contributed by atoms with van der Waals surface area (Å²) in [6.07, 6.45) is 8.31. The molecule has 3 fully saturated rings. The van der Waals surface area contributed by atoms with Gasteiger partial charge < -0.3 is 15.4 Å². The van der Waals surface area contributed by atoms with E-state index in [4.69, 9.17) is 16.3 Å². The van der Waals surface area contributed by atoms with Crippen LogP contribution in [0.5, 0.6) is 5.75 Å². The molecule has 9 heteroatoms. The number of carbonyl (C=O) groups is 2. The minimum Gasteiger partial charge on any atom is -0.484 e. The largest absolute Gasteiger partial charge is 0.484 e. The maximum absolute atomic E-state index is 13.5. The number of ether oxygens (including phenoxy) is 1. The molecule has 2 N–H and O–H groups in total. The average molecular weight is 447 g/mol. The minimum atomic E-state index is -0.591. The van der Waals surface area contributed by atoms with Crippen molar-refractivity contribution >= 4 is 23.4 Å². The number of aromatic nitrogens is 2. The Hall–Kier alpha value is -2.74. The quantitative estimate of drug-likeness (QED) is 0.710. The number of rotatable bonds is 6. The fourth-order valence-corrected chi connectivity index (χ4v) is 4.95. The Morgan fingerprint density at radius 1 is 1.23 bits per heavy atom. The number of hydrogen-bond acceptors (Lipinski definition) is 5. The highest BCUT2D eigenvalue weighted by atomic mass is 35.5. The molecule has 3 aliphatic carbocycles. The zero-order chi connectivity index (χ0) is 22.1.